The first-order valence-corrected chi connectivity index (χ1v) is 8.79. The van der Waals surface area contributed by atoms with E-state index in [0.717, 1.165) is 5.56 Å². The summed E-state index contributed by atoms with van der Waals surface area (Å²) >= 11 is 0. The Morgan fingerprint density at radius 1 is 1.27 bits per heavy atom. The summed E-state index contributed by atoms with van der Waals surface area (Å²) in [7, 11) is -3.73. The summed E-state index contributed by atoms with van der Waals surface area (Å²) in [4.78, 5) is 31.5. The quantitative estimate of drug-likeness (QED) is 0.512. The summed E-state index contributed by atoms with van der Waals surface area (Å²) in [6.07, 6.45) is -1.22. The van der Waals surface area contributed by atoms with Crippen molar-refractivity contribution in [3.8, 4) is 0 Å². The van der Waals surface area contributed by atoms with Crippen LogP contribution < -0.4 is 5.32 Å². The van der Waals surface area contributed by atoms with Crippen molar-refractivity contribution >= 4 is 25.0 Å². The zero-order valence-electron chi connectivity index (χ0n) is 12.2. The zero-order valence-corrected chi connectivity index (χ0v) is 13.1. The molecule has 0 aliphatic heterocycles. The van der Waals surface area contributed by atoms with Crippen molar-refractivity contribution in [2.45, 2.75) is 19.8 Å². The number of hydrogen-bond donors (Lipinski definition) is 4. The number of aliphatic carboxylic acids is 2. The molecule has 0 heterocycles. The first-order valence-electron chi connectivity index (χ1n) is 6.76. The van der Waals surface area contributed by atoms with Crippen LogP contribution in [0.3, 0.4) is 0 Å². The fourth-order valence-electron chi connectivity index (χ4n) is 1.98. The molecule has 8 heteroatoms. The molecule has 122 valence electrons. The maximum absolute atomic E-state index is 12.1. The molecule has 0 aliphatic carbocycles. The minimum absolute atomic E-state index is 0.167. The molecule has 0 radical (unpaired) electrons. The van der Waals surface area contributed by atoms with Gasteiger partial charge in [-0.05, 0) is 25.0 Å². The second-order valence-electron chi connectivity index (χ2n) is 5.15. The smallest absolute Gasteiger partial charge is 0.307 e. The molecule has 4 N–H and O–H groups in total. The van der Waals surface area contributed by atoms with Crippen LogP contribution in [0.5, 0.6) is 0 Å². The number of benzene rings is 1. The Morgan fingerprint density at radius 3 is 2.45 bits per heavy atom. The molecule has 22 heavy (non-hydrogen) atoms. The first kappa shape index (κ1) is 18.2. The monoisotopic (exact) mass is 329 g/mol. The second kappa shape index (κ2) is 7.96. The van der Waals surface area contributed by atoms with Gasteiger partial charge in [0.2, 0.25) is 7.37 Å². The van der Waals surface area contributed by atoms with Crippen molar-refractivity contribution in [2.24, 2.45) is 5.92 Å². The van der Waals surface area contributed by atoms with Gasteiger partial charge in [0.15, 0.2) is 0 Å². The minimum atomic E-state index is -3.73. The van der Waals surface area contributed by atoms with Gasteiger partial charge >= 0.3 is 11.9 Å². The molecule has 2 unspecified atom stereocenters. The molecular weight excluding hydrogens is 309 g/mol. The Balaban J connectivity index is 2.64. The fraction of sp³-hybridized carbons (Fsp3) is 0.429. The highest BCUT2D eigenvalue weighted by Gasteiger charge is 2.29. The van der Waals surface area contributed by atoms with Crippen molar-refractivity contribution in [3.63, 3.8) is 0 Å². The third-order valence-corrected chi connectivity index (χ3v) is 4.89. The Bertz CT molecular complexity index is 588. The van der Waals surface area contributed by atoms with Crippen LogP contribution in [0.25, 0.3) is 0 Å². The molecule has 1 aromatic rings. The van der Waals surface area contributed by atoms with E-state index in [1.807, 2.05) is 19.1 Å². The van der Waals surface area contributed by atoms with Gasteiger partial charge in [-0.2, -0.15) is 0 Å². The standard InChI is InChI=1S/C14H20NO6P/c1-10-4-2-3-5-12(10)15-9-22(20,21)8-11(14(18)19)6-7-13(16)17/h2-5,11,15H,6-9H2,1H3,(H,16,17)(H,18,19)(H,20,21). The fourth-order valence-corrected chi connectivity index (χ4v) is 3.55. The summed E-state index contributed by atoms with van der Waals surface area (Å²) in [6, 6.07) is 7.22. The minimum Gasteiger partial charge on any atom is -0.481 e. The highest BCUT2D eigenvalue weighted by Crippen LogP contribution is 2.43. The number of carbonyl (C=O) groups is 2. The Hall–Kier alpha value is -1.85. The lowest BCUT2D eigenvalue weighted by molar-refractivity contribution is -0.142. The van der Waals surface area contributed by atoms with Gasteiger partial charge in [-0.25, -0.2) is 0 Å². The van der Waals surface area contributed by atoms with Crippen LogP contribution in [0.4, 0.5) is 5.69 Å². The van der Waals surface area contributed by atoms with Crippen molar-refractivity contribution in [2.75, 3.05) is 17.8 Å². The summed E-state index contributed by atoms with van der Waals surface area (Å²) in [5, 5.41) is 20.5. The first-order chi connectivity index (χ1) is 10.2. The number of rotatable bonds is 9. The van der Waals surface area contributed by atoms with Gasteiger partial charge < -0.3 is 20.4 Å². The highest BCUT2D eigenvalue weighted by atomic mass is 31.2. The van der Waals surface area contributed by atoms with E-state index >= 15 is 0 Å². The topological polar surface area (TPSA) is 124 Å². The van der Waals surface area contributed by atoms with Gasteiger partial charge in [-0.15, -0.1) is 0 Å². The van der Waals surface area contributed by atoms with Gasteiger partial charge in [0.1, 0.15) is 0 Å². The number of carboxylic acids is 2. The number of carboxylic acid groups (broad SMARTS) is 2. The van der Waals surface area contributed by atoms with E-state index in [1.165, 1.54) is 0 Å². The van der Waals surface area contributed by atoms with Crippen LogP contribution in [0, 0.1) is 12.8 Å². The predicted molar refractivity (Wildman–Crippen MR) is 82.4 cm³/mol. The lowest BCUT2D eigenvalue weighted by atomic mass is 10.1. The van der Waals surface area contributed by atoms with E-state index in [0.29, 0.717) is 5.69 Å². The molecule has 1 rings (SSSR count). The molecule has 0 saturated carbocycles. The SMILES string of the molecule is Cc1ccccc1NCP(=O)(O)CC(CCC(=O)O)C(=O)O. The number of hydrogen-bond acceptors (Lipinski definition) is 4. The number of nitrogens with one attached hydrogen (secondary N) is 1. The molecule has 0 saturated heterocycles. The Kier molecular flexibility index (Phi) is 6.59. The van der Waals surface area contributed by atoms with Crippen LogP contribution >= 0.6 is 7.37 Å². The van der Waals surface area contributed by atoms with Crippen LogP contribution in [0.15, 0.2) is 24.3 Å². The van der Waals surface area contributed by atoms with Gasteiger partial charge in [0.25, 0.3) is 0 Å². The lowest BCUT2D eigenvalue weighted by Crippen LogP contribution is -2.21. The average Bonchev–Trinajstić information content (AvgIpc) is 2.42. The third kappa shape index (κ3) is 6.28. The molecule has 7 nitrogen and oxygen atoms in total. The predicted octanol–water partition coefficient (Wildman–Crippen LogP) is 2.20. The largest absolute Gasteiger partial charge is 0.481 e. The summed E-state index contributed by atoms with van der Waals surface area (Å²) in [5.41, 5.74) is 1.61. The summed E-state index contributed by atoms with van der Waals surface area (Å²) in [6.45, 7) is 1.84. The number of aryl methyl sites for hydroxylation is 1. The molecule has 0 fully saturated rings. The van der Waals surface area contributed by atoms with Crippen molar-refractivity contribution in [3.05, 3.63) is 29.8 Å². The lowest BCUT2D eigenvalue weighted by Gasteiger charge is -2.18. The maximum Gasteiger partial charge on any atom is 0.307 e. The normalized spacial score (nSPS) is 14.8. The Morgan fingerprint density at radius 2 is 1.91 bits per heavy atom. The van der Waals surface area contributed by atoms with Crippen molar-refractivity contribution in [1.29, 1.82) is 0 Å². The van der Waals surface area contributed by atoms with E-state index < -0.39 is 31.4 Å². The molecule has 2 atom stereocenters. The maximum atomic E-state index is 12.1. The van der Waals surface area contributed by atoms with Gasteiger partial charge in [0.05, 0.1) is 12.2 Å². The van der Waals surface area contributed by atoms with Gasteiger partial charge in [0, 0.05) is 18.3 Å². The van der Waals surface area contributed by atoms with E-state index in [1.54, 1.807) is 12.1 Å². The summed E-state index contributed by atoms with van der Waals surface area (Å²) < 4.78 is 12.1. The number of para-hydroxylation sites is 1. The van der Waals surface area contributed by atoms with Crippen LogP contribution in [-0.2, 0) is 14.2 Å². The van der Waals surface area contributed by atoms with Gasteiger partial charge in [-0.3, -0.25) is 14.2 Å². The average molecular weight is 329 g/mol. The van der Waals surface area contributed by atoms with Crippen molar-refractivity contribution < 1.29 is 29.3 Å². The second-order valence-corrected chi connectivity index (χ2v) is 7.52. The van der Waals surface area contributed by atoms with E-state index in [-0.39, 0.29) is 19.1 Å². The molecule has 0 aliphatic rings. The Labute approximate surface area is 128 Å². The molecule has 0 spiro atoms. The van der Waals surface area contributed by atoms with E-state index in [2.05, 4.69) is 5.32 Å². The summed E-state index contributed by atoms with van der Waals surface area (Å²) in [5.74, 6) is -3.53. The molecule has 0 aromatic heterocycles. The van der Waals surface area contributed by atoms with E-state index in [9.17, 15) is 19.0 Å². The van der Waals surface area contributed by atoms with Crippen LogP contribution in [-0.4, -0.2) is 39.5 Å². The van der Waals surface area contributed by atoms with Gasteiger partial charge in [-0.1, -0.05) is 18.2 Å². The van der Waals surface area contributed by atoms with Crippen LogP contribution in [0.1, 0.15) is 18.4 Å². The molecular formula is C14H20NO6P. The molecule has 0 amide bonds. The molecule has 1 aromatic carbocycles. The zero-order chi connectivity index (χ0) is 16.8. The van der Waals surface area contributed by atoms with Crippen molar-refractivity contribution in [1.82, 2.24) is 0 Å². The number of anilines is 1. The highest BCUT2D eigenvalue weighted by molar-refractivity contribution is 7.58. The third-order valence-electron chi connectivity index (χ3n) is 3.22. The van der Waals surface area contributed by atoms with E-state index in [4.69, 9.17) is 10.2 Å². The molecule has 0 bridgehead atoms. The van der Waals surface area contributed by atoms with Crippen LogP contribution in [0.2, 0.25) is 0 Å².